The third kappa shape index (κ3) is 2.75. The average Bonchev–Trinajstić information content (AvgIpc) is 1.84. The Morgan fingerprint density at radius 1 is 1.11 bits per heavy atom. The molecule has 0 aliphatic heterocycles. The largest absolute Gasteiger partial charge is 0.151 e. The molecule has 0 aliphatic rings. The summed E-state index contributed by atoms with van der Waals surface area (Å²) in [6, 6.07) is 0. The molecule has 0 amide bonds. The first-order valence-electron chi connectivity index (χ1n) is 3.05. The lowest BCUT2D eigenvalue weighted by atomic mass is 10.1. The van der Waals surface area contributed by atoms with Crippen LogP contribution >= 0.6 is 12.6 Å². The van der Waals surface area contributed by atoms with Crippen molar-refractivity contribution >= 4 is 12.6 Å². The van der Waals surface area contributed by atoms with Gasteiger partial charge in [0.25, 0.3) is 0 Å². The number of rotatable bonds is 1. The van der Waals surface area contributed by atoms with Gasteiger partial charge in [0.15, 0.2) is 0 Å². The summed E-state index contributed by atoms with van der Waals surface area (Å²) in [4.78, 5) is 0. The molecule has 0 rings (SSSR count). The van der Waals surface area contributed by atoms with Crippen LogP contribution in [-0.4, -0.2) is 0 Å². The van der Waals surface area contributed by atoms with Gasteiger partial charge in [0.2, 0.25) is 0 Å². The van der Waals surface area contributed by atoms with Crippen LogP contribution in [0.2, 0.25) is 0 Å². The zero-order valence-electron chi connectivity index (χ0n) is 6.52. The molecule has 0 saturated carbocycles. The lowest BCUT2D eigenvalue weighted by Crippen LogP contribution is -1.80. The third-order valence-corrected chi connectivity index (χ3v) is 1.92. The second-order valence-corrected chi connectivity index (χ2v) is 2.70. The van der Waals surface area contributed by atoms with E-state index in [1.54, 1.807) is 0 Å². The SMILES string of the molecule is CC(C)=C(C)/C(C)=C\S. The highest BCUT2D eigenvalue weighted by molar-refractivity contribution is 7.83. The molecule has 0 fully saturated rings. The lowest BCUT2D eigenvalue weighted by molar-refractivity contribution is 1.23. The van der Waals surface area contributed by atoms with Crippen LogP contribution < -0.4 is 0 Å². The molecular formula is C8H14S. The first-order valence-corrected chi connectivity index (χ1v) is 3.56. The van der Waals surface area contributed by atoms with Gasteiger partial charge in [-0.05, 0) is 44.2 Å². The van der Waals surface area contributed by atoms with Crippen molar-refractivity contribution in [3.63, 3.8) is 0 Å². The molecule has 52 valence electrons. The van der Waals surface area contributed by atoms with E-state index in [4.69, 9.17) is 0 Å². The summed E-state index contributed by atoms with van der Waals surface area (Å²) in [5.74, 6) is 0. The van der Waals surface area contributed by atoms with Gasteiger partial charge in [0.1, 0.15) is 0 Å². The average molecular weight is 142 g/mol. The maximum atomic E-state index is 4.05. The highest BCUT2D eigenvalue weighted by atomic mass is 32.1. The fourth-order valence-corrected chi connectivity index (χ4v) is 0.685. The fourth-order valence-electron chi connectivity index (χ4n) is 0.491. The van der Waals surface area contributed by atoms with Crippen LogP contribution in [0.25, 0.3) is 0 Å². The van der Waals surface area contributed by atoms with Gasteiger partial charge in [-0.3, -0.25) is 0 Å². The molecule has 0 bridgehead atoms. The molecule has 0 aromatic rings. The van der Waals surface area contributed by atoms with Crippen LogP contribution in [0.15, 0.2) is 22.1 Å². The quantitative estimate of drug-likeness (QED) is 0.422. The first kappa shape index (κ1) is 8.83. The zero-order chi connectivity index (χ0) is 7.44. The van der Waals surface area contributed by atoms with Crippen molar-refractivity contribution in [1.29, 1.82) is 0 Å². The standard InChI is InChI=1S/C8H14S/c1-6(2)8(4)7(3)5-9/h5,9H,1-4H3/b7-5-. The molecule has 0 heterocycles. The van der Waals surface area contributed by atoms with Crippen LogP contribution in [0.4, 0.5) is 0 Å². The minimum absolute atomic E-state index is 1.25. The monoisotopic (exact) mass is 142 g/mol. The summed E-state index contributed by atoms with van der Waals surface area (Å²) >= 11 is 4.05. The smallest absolute Gasteiger partial charge is 0.0292 e. The van der Waals surface area contributed by atoms with Crippen LogP contribution in [0.5, 0.6) is 0 Å². The van der Waals surface area contributed by atoms with Gasteiger partial charge < -0.3 is 0 Å². The predicted octanol–water partition coefficient (Wildman–Crippen LogP) is 3.18. The molecule has 0 unspecified atom stereocenters. The Hall–Kier alpha value is -0.170. The zero-order valence-corrected chi connectivity index (χ0v) is 7.42. The minimum Gasteiger partial charge on any atom is -0.151 e. The molecule has 0 nitrogen and oxygen atoms in total. The van der Waals surface area contributed by atoms with E-state index < -0.39 is 0 Å². The van der Waals surface area contributed by atoms with Crippen molar-refractivity contribution in [1.82, 2.24) is 0 Å². The highest BCUT2D eigenvalue weighted by Crippen LogP contribution is 2.12. The molecule has 0 saturated heterocycles. The van der Waals surface area contributed by atoms with Crippen molar-refractivity contribution in [2.24, 2.45) is 0 Å². The van der Waals surface area contributed by atoms with Crippen LogP contribution in [0, 0.1) is 0 Å². The van der Waals surface area contributed by atoms with Crippen LogP contribution in [0.1, 0.15) is 27.7 Å². The Labute approximate surface area is 63.1 Å². The molecule has 0 radical (unpaired) electrons. The van der Waals surface area contributed by atoms with Gasteiger partial charge in [-0.15, -0.1) is 0 Å². The third-order valence-electron chi connectivity index (χ3n) is 1.54. The molecule has 0 atom stereocenters. The maximum absolute atomic E-state index is 4.05. The van der Waals surface area contributed by atoms with Crippen LogP contribution in [-0.2, 0) is 0 Å². The van der Waals surface area contributed by atoms with E-state index in [9.17, 15) is 0 Å². The Kier molecular flexibility index (Phi) is 3.71. The number of allylic oxidation sites excluding steroid dienone is 3. The first-order chi connectivity index (χ1) is 4.09. The molecule has 0 aliphatic carbocycles. The van der Waals surface area contributed by atoms with Crippen molar-refractivity contribution < 1.29 is 0 Å². The second kappa shape index (κ2) is 3.78. The minimum atomic E-state index is 1.25. The summed E-state index contributed by atoms with van der Waals surface area (Å²) < 4.78 is 0. The number of hydrogen-bond donors (Lipinski definition) is 1. The lowest BCUT2D eigenvalue weighted by Gasteiger charge is -2.01. The highest BCUT2D eigenvalue weighted by Gasteiger charge is 1.91. The van der Waals surface area contributed by atoms with Crippen LogP contribution in [0.3, 0.4) is 0 Å². The molecule has 0 N–H and O–H groups in total. The Morgan fingerprint density at radius 2 is 1.56 bits per heavy atom. The van der Waals surface area contributed by atoms with Gasteiger partial charge in [-0.2, -0.15) is 12.6 Å². The summed E-state index contributed by atoms with van der Waals surface area (Å²) in [5.41, 5.74) is 3.95. The van der Waals surface area contributed by atoms with E-state index in [2.05, 4.69) is 40.3 Å². The molecular weight excluding hydrogens is 128 g/mol. The van der Waals surface area contributed by atoms with E-state index in [0.29, 0.717) is 0 Å². The fraction of sp³-hybridized carbons (Fsp3) is 0.500. The molecule has 1 heteroatoms. The van der Waals surface area contributed by atoms with Crippen molar-refractivity contribution in [3.8, 4) is 0 Å². The Morgan fingerprint density at radius 3 is 1.67 bits per heavy atom. The Bertz CT molecular complexity index is 148. The number of hydrogen-bond acceptors (Lipinski definition) is 1. The van der Waals surface area contributed by atoms with Crippen molar-refractivity contribution in [3.05, 3.63) is 22.1 Å². The maximum Gasteiger partial charge on any atom is -0.0292 e. The summed E-state index contributed by atoms with van der Waals surface area (Å²) in [5, 5.41) is 1.84. The summed E-state index contributed by atoms with van der Waals surface area (Å²) in [6.45, 7) is 8.39. The Balaban J connectivity index is 4.40. The topological polar surface area (TPSA) is 0 Å². The van der Waals surface area contributed by atoms with Crippen molar-refractivity contribution in [2.45, 2.75) is 27.7 Å². The summed E-state index contributed by atoms with van der Waals surface area (Å²) in [7, 11) is 0. The van der Waals surface area contributed by atoms with Crippen molar-refractivity contribution in [2.75, 3.05) is 0 Å². The van der Waals surface area contributed by atoms with E-state index in [-0.39, 0.29) is 0 Å². The van der Waals surface area contributed by atoms with E-state index in [0.717, 1.165) is 0 Å². The molecule has 0 aromatic carbocycles. The van der Waals surface area contributed by atoms with E-state index in [1.807, 2.05) is 5.41 Å². The second-order valence-electron chi connectivity index (χ2n) is 2.44. The van der Waals surface area contributed by atoms with E-state index in [1.165, 1.54) is 16.7 Å². The van der Waals surface area contributed by atoms with Gasteiger partial charge >= 0.3 is 0 Å². The normalized spacial score (nSPS) is 11.4. The van der Waals surface area contributed by atoms with Gasteiger partial charge in [0, 0.05) is 0 Å². The summed E-state index contributed by atoms with van der Waals surface area (Å²) in [6.07, 6.45) is 0. The molecule has 0 spiro atoms. The number of thiol groups is 1. The molecule has 0 aromatic heterocycles. The predicted molar refractivity (Wildman–Crippen MR) is 46.8 cm³/mol. The van der Waals surface area contributed by atoms with Gasteiger partial charge in [-0.25, -0.2) is 0 Å². The van der Waals surface area contributed by atoms with Gasteiger partial charge in [-0.1, -0.05) is 5.57 Å². The molecule has 9 heavy (non-hydrogen) atoms. The van der Waals surface area contributed by atoms with Gasteiger partial charge in [0.05, 0.1) is 0 Å². The van der Waals surface area contributed by atoms with E-state index >= 15 is 0 Å².